The van der Waals surface area contributed by atoms with Gasteiger partial charge in [0.1, 0.15) is 5.69 Å². The second-order valence-corrected chi connectivity index (χ2v) is 3.55. The van der Waals surface area contributed by atoms with E-state index >= 15 is 0 Å². The summed E-state index contributed by atoms with van der Waals surface area (Å²) in [4.78, 5) is 26.1. The topological polar surface area (TPSA) is 88.5 Å². The summed E-state index contributed by atoms with van der Waals surface area (Å²) in [6, 6.07) is 2.95. The lowest BCUT2D eigenvalue weighted by molar-refractivity contribution is -0.149. The molecule has 0 aromatic carbocycles. The molecule has 0 aliphatic carbocycles. The van der Waals surface area contributed by atoms with E-state index in [2.05, 4.69) is 15.0 Å². The molecule has 6 nitrogen and oxygen atoms in total. The van der Waals surface area contributed by atoms with Gasteiger partial charge in [-0.1, -0.05) is 11.6 Å². The van der Waals surface area contributed by atoms with E-state index in [1.54, 1.807) is 0 Å². The third-order valence-electron chi connectivity index (χ3n) is 1.89. The number of pyridine rings is 1. The van der Waals surface area contributed by atoms with Crippen molar-refractivity contribution in [1.29, 1.82) is 0 Å². The molecule has 0 saturated carbocycles. The average Bonchev–Trinajstić information content (AvgIpc) is 2.35. The summed E-state index contributed by atoms with van der Waals surface area (Å²) in [5.41, 5.74) is 0.145. The van der Waals surface area contributed by atoms with E-state index in [0.717, 1.165) is 7.11 Å². The normalized spacial score (nSPS) is 11.7. The number of rotatable bonds is 4. The van der Waals surface area contributed by atoms with Crippen molar-refractivity contribution in [2.45, 2.75) is 6.10 Å². The van der Waals surface area contributed by atoms with Crippen LogP contribution in [0.1, 0.15) is 10.5 Å². The Morgan fingerprint density at radius 3 is 2.82 bits per heavy atom. The molecule has 0 aliphatic rings. The second-order valence-electron chi connectivity index (χ2n) is 3.11. The average molecular weight is 259 g/mol. The van der Waals surface area contributed by atoms with Crippen molar-refractivity contribution in [3.63, 3.8) is 0 Å². The van der Waals surface area contributed by atoms with Crippen molar-refractivity contribution in [2.24, 2.45) is 0 Å². The van der Waals surface area contributed by atoms with E-state index < -0.39 is 18.0 Å². The number of ether oxygens (including phenoxy) is 1. The molecule has 0 spiro atoms. The van der Waals surface area contributed by atoms with Gasteiger partial charge in [0.25, 0.3) is 5.91 Å². The monoisotopic (exact) mass is 258 g/mol. The molecule has 2 N–H and O–H groups in total. The lowest BCUT2D eigenvalue weighted by Crippen LogP contribution is -2.37. The first kappa shape index (κ1) is 13.4. The summed E-state index contributed by atoms with van der Waals surface area (Å²) in [5, 5.41) is 12.0. The Balaban J connectivity index is 2.50. The number of aromatic nitrogens is 1. The molecular formula is C10H11ClN2O4. The maximum absolute atomic E-state index is 11.5. The molecule has 17 heavy (non-hydrogen) atoms. The van der Waals surface area contributed by atoms with Gasteiger partial charge >= 0.3 is 5.97 Å². The number of amides is 1. The molecule has 1 rings (SSSR count). The lowest BCUT2D eigenvalue weighted by atomic mass is 10.3. The van der Waals surface area contributed by atoms with E-state index in [4.69, 9.17) is 11.6 Å². The van der Waals surface area contributed by atoms with Crippen LogP contribution >= 0.6 is 11.6 Å². The highest BCUT2D eigenvalue weighted by atomic mass is 35.5. The van der Waals surface area contributed by atoms with E-state index in [1.807, 2.05) is 0 Å². The molecule has 7 heteroatoms. The summed E-state index contributed by atoms with van der Waals surface area (Å²) in [5.74, 6) is -1.32. The molecular weight excluding hydrogens is 248 g/mol. The summed E-state index contributed by atoms with van der Waals surface area (Å²) in [6.07, 6.45) is -0.0658. The molecule has 1 aromatic rings. The van der Waals surface area contributed by atoms with E-state index in [9.17, 15) is 14.7 Å². The number of carbonyl (C=O) groups excluding carboxylic acids is 2. The summed E-state index contributed by atoms with van der Waals surface area (Å²) in [6.45, 7) is -0.240. The number of aliphatic hydroxyl groups is 1. The Labute approximate surface area is 103 Å². The lowest BCUT2D eigenvalue weighted by Gasteiger charge is -2.09. The van der Waals surface area contributed by atoms with Gasteiger partial charge in [-0.15, -0.1) is 0 Å². The third kappa shape index (κ3) is 4.01. The SMILES string of the molecule is COC(=O)C(O)CNC(=O)c1ccc(Cl)cn1. The molecule has 0 aliphatic heterocycles. The van der Waals surface area contributed by atoms with Crippen molar-refractivity contribution in [3.05, 3.63) is 29.0 Å². The largest absolute Gasteiger partial charge is 0.467 e. The minimum absolute atomic E-state index is 0.145. The number of carbonyl (C=O) groups is 2. The fourth-order valence-electron chi connectivity index (χ4n) is 1.01. The van der Waals surface area contributed by atoms with E-state index in [1.165, 1.54) is 18.3 Å². The Morgan fingerprint density at radius 1 is 1.59 bits per heavy atom. The predicted molar refractivity (Wildman–Crippen MR) is 59.6 cm³/mol. The highest BCUT2D eigenvalue weighted by Crippen LogP contribution is 2.05. The van der Waals surface area contributed by atoms with Crippen LogP contribution in [0, 0.1) is 0 Å². The van der Waals surface area contributed by atoms with Gasteiger partial charge < -0.3 is 15.2 Å². The van der Waals surface area contributed by atoms with Gasteiger partial charge in [0.2, 0.25) is 0 Å². The number of hydrogen-bond acceptors (Lipinski definition) is 5. The molecule has 0 bridgehead atoms. The van der Waals surface area contributed by atoms with Crippen molar-refractivity contribution >= 4 is 23.5 Å². The summed E-state index contributed by atoms with van der Waals surface area (Å²) in [7, 11) is 1.15. The number of methoxy groups -OCH3 is 1. The molecule has 1 amide bonds. The minimum atomic E-state index is -1.39. The predicted octanol–water partition coefficient (Wildman–Crippen LogP) is -0.00130. The van der Waals surface area contributed by atoms with Crippen LogP contribution < -0.4 is 5.32 Å². The molecule has 1 unspecified atom stereocenters. The zero-order chi connectivity index (χ0) is 12.8. The molecule has 1 aromatic heterocycles. The van der Waals surface area contributed by atoms with E-state index in [0.29, 0.717) is 5.02 Å². The first-order valence-corrected chi connectivity index (χ1v) is 5.08. The van der Waals surface area contributed by atoms with Crippen LogP contribution in [-0.2, 0) is 9.53 Å². The third-order valence-corrected chi connectivity index (χ3v) is 2.11. The molecule has 1 heterocycles. The number of hydrogen-bond donors (Lipinski definition) is 2. The van der Waals surface area contributed by atoms with Gasteiger partial charge in [-0.3, -0.25) is 4.79 Å². The first-order chi connectivity index (χ1) is 8.04. The maximum Gasteiger partial charge on any atom is 0.336 e. The standard InChI is InChI=1S/C10H11ClN2O4/c1-17-10(16)8(14)5-13-9(15)7-3-2-6(11)4-12-7/h2-4,8,14H,5H2,1H3,(H,13,15). The maximum atomic E-state index is 11.5. The Kier molecular flexibility index (Phi) is 4.86. The zero-order valence-electron chi connectivity index (χ0n) is 9.01. The molecule has 0 saturated heterocycles. The number of nitrogens with zero attached hydrogens (tertiary/aromatic N) is 1. The van der Waals surface area contributed by atoms with Gasteiger partial charge in [-0.25, -0.2) is 9.78 Å². The Bertz CT molecular complexity index is 407. The highest BCUT2D eigenvalue weighted by Gasteiger charge is 2.16. The van der Waals surface area contributed by atoms with Gasteiger partial charge in [0.15, 0.2) is 6.10 Å². The fraction of sp³-hybridized carbons (Fsp3) is 0.300. The van der Waals surface area contributed by atoms with Gasteiger partial charge in [0, 0.05) is 6.20 Å². The molecule has 0 radical (unpaired) electrons. The highest BCUT2D eigenvalue weighted by molar-refractivity contribution is 6.30. The quantitative estimate of drug-likeness (QED) is 0.742. The van der Waals surface area contributed by atoms with Crippen LogP contribution in [0.25, 0.3) is 0 Å². The second kappa shape index (κ2) is 6.17. The van der Waals surface area contributed by atoms with Crippen molar-refractivity contribution in [1.82, 2.24) is 10.3 Å². The van der Waals surface area contributed by atoms with Gasteiger partial charge in [-0.05, 0) is 12.1 Å². The smallest absolute Gasteiger partial charge is 0.336 e. The van der Waals surface area contributed by atoms with Gasteiger partial charge in [0.05, 0.1) is 18.7 Å². The van der Waals surface area contributed by atoms with Crippen LogP contribution in [0.4, 0.5) is 0 Å². The van der Waals surface area contributed by atoms with Crippen LogP contribution in [0.3, 0.4) is 0 Å². The molecule has 0 fully saturated rings. The van der Waals surface area contributed by atoms with Crippen LogP contribution in [0.5, 0.6) is 0 Å². The number of nitrogens with one attached hydrogen (secondary N) is 1. The number of aliphatic hydroxyl groups excluding tert-OH is 1. The van der Waals surface area contributed by atoms with Crippen molar-refractivity contribution < 1.29 is 19.4 Å². The number of halogens is 1. The van der Waals surface area contributed by atoms with Crippen molar-refractivity contribution in [2.75, 3.05) is 13.7 Å². The fourth-order valence-corrected chi connectivity index (χ4v) is 1.12. The summed E-state index contributed by atoms with van der Waals surface area (Å²) < 4.78 is 4.29. The zero-order valence-corrected chi connectivity index (χ0v) is 9.77. The van der Waals surface area contributed by atoms with Crippen LogP contribution in [-0.4, -0.2) is 41.7 Å². The first-order valence-electron chi connectivity index (χ1n) is 4.70. The van der Waals surface area contributed by atoms with Gasteiger partial charge in [-0.2, -0.15) is 0 Å². The molecule has 92 valence electrons. The number of esters is 1. The molecule has 1 atom stereocenters. The summed E-state index contributed by atoms with van der Waals surface area (Å²) >= 11 is 5.61. The Hall–Kier alpha value is -1.66. The van der Waals surface area contributed by atoms with Crippen LogP contribution in [0.15, 0.2) is 18.3 Å². The Morgan fingerprint density at radius 2 is 2.29 bits per heavy atom. The van der Waals surface area contributed by atoms with Crippen molar-refractivity contribution in [3.8, 4) is 0 Å². The van der Waals surface area contributed by atoms with E-state index in [-0.39, 0.29) is 12.2 Å². The minimum Gasteiger partial charge on any atom is -0.467 e. The van der Waals surface area contributed by atoms with Crippen LogP contribution in [0.2, 0.25) is 5.02 Å².